The van der Waals surface area contributed by atoms with Crippen LogP contribution < -0.4 is 5.73 Å². The summed E-state index contributed by atoms with van der Waals surface area (Å²) in [6.07, 6.45) is 0.839. The highest BCUT2D eigenvalue weighted by atomic mass is 14.9. The minimum absolute atomic E-state index is 0.634. The lowest BCUT2D eigenvalue weighted by molar-refractivity contribution is 0.898. The lowest BCUT2D eigenvalue weighted by Gasteiger charge is -2.10. The zero-order valence-electron chi connectivity index (χ0n) is 11.2. The molecule has 2 aromatic rings. The summed E-state index contributed by atoms with van der Waals surface area (Å²) in [5, 5.41) is 0. The largest absolute Gasteiger partial charge is 0.330 e. The van der Waals surface area contributed by atoms with Gasteiger partial charge in [-0.2, -0.15) is 0 Å². The number of aromatic nitrogens is 2. The molecule has 0 unspecified atom stereocenters. The molecule has 0 aliphatic carbocycles. The van der Waals surface area contributed by atoms with Gasteiger partial charge >= 0.3 is 0 Å². The zero-order valence-corrected chi connectivity index (χ0v) is 11.2. The van der Waals surface area contributed by atoms with Gasteiger partial charge in [-0.15, -0.1) is 0 Å². The van der Waals surface area contributed by atoms with Gasteiger partial charge in [0.15, 0.2) is 5.82 Å². The fourth-order valence-corrected chi connectivity index (χ4v) is 2.16. The average molecular weight is 241 g/mol. The molecule has 3 nitrogen and oxygen atoms in total. The van der Waals surface area contributed by atoms with E-state index in [0.717, 1.165) is 29.2 Å². The van der Waals surface area contributed by atoms with Gasteiger partial charge in [0.2, 0.25) is 0 Å². The quantitative estimate of drug-likeness (QED) is 0.898. The second-order valence-electron chi connectivity index (χ2n) is 4.60. The van der Waals surface area contributed by atoms with E-state index in [2.05, 4.69) is 29.0 Å². The topological polar surface area (TPSA) is 51.8 Å². The Bertz CT molecular complexity index is 538. The molecule has 94 valence electrons. The maximum atomic E-state index is 5.61. The Balaban J connectivity index is 2.48. The first-order valence-electron chi connectivity index (χ1n) is 6.23. The number of hydrogen-bond acceptors (Lipinski definition) is 3. The van der Waals surface area contributed by atoms with E-state index in [1.807, 2.05) is 26.0 Å². The van der Waals surface area contributed by atoms with Gasteiger partial charge in [-0.1, -0.05) is 23.8 Å². The van der Waals surface area contributed by atoms with Gasteiger partial charge in [-0.25, -0.2) is 9.97 Å². The molecule has 18 heavy (non-hydrogen) atoms. The van der Waals surface area contributed by atoms with Crippen molar-refractivity contribution in [2.75, 3.05) is 6.54 Å². The maximum Gasteiger partial charge on any atom is 0.159 e. The summed E-state index contributed by atoms with van der Waals surface area (Å²) in [5.41, 5.74) is 11.1. The first-order chi connectivity index (χ1) is 8.61. The minimum atomic E-state index is 0.634. The summed E-state index contributed by atoms with van der Waals surface area (Å²) in [7, 11) is 0. The van der Waals surface area contributed by atoms with Crippen LogP contribution >= 0.6 is 0 Å². The second kappa shape index (κ2) is 5.27. The van der Waals surface area contributed by atoms with Crippen LogP contribution in [-0.4, -0.2) is 16.5 Å². The van der Waals surface area contributed by atoms with Crippen molar-refractivity contribution in [2.24, 2.45) is 5.73 Å². The Hall–Kier alpha value is -1.74. The summed E-state index contributed by atoms with van der Waals surface area (Å²) < 4.78 is 0. The van der Waals surface area contributed by atoms with Crippen molar-refractivity contribution >= 4 is 0 Å². The van der Waals surface area contributed by atoms with Crippen molar-refractivity contribution in [3.05, 3.63) is 46.8 Å². The molecule has 0 atom stereocenters. The fraction of sp³-hybridized carbons (Fsp3) is 0.333. The number of hydrogen-bond donors (Lipinski definition) is 1. The van der Waals surface area contributed by atoms with E-state index in [4.69, 9.17) is 5.73 Å². The molecule has 0 spiro atoms. The molecular weight excluding hydrogens is 222 g/mol. The molecule has 0 fully saturated rings. The first kappa shape index (κ1) is 12.7. The van der Waals surface area contributed by atoms with Crippen LogP contribution in [0.25, 0.3) is 11.4 Å². The van der Waals surface area contributed by atoms with Crippen molar-refractivity contribution < 1.29 is 0 Å². The van der Waals surface area contributed by atoms with Gasteiger partial charge in [0, 0.05) is 17.0 Å². The van der Waals surface area contributed by atoms with Crippen LogP contribution in [0.3, 0.4) is 0 Å². The Morgan fingerprint density at radius 2 is 1.72 bits per heavy atom. The molecule has 0 radical (unpaired) electrons. The van der Waals surface area contributed by atoms with E-state index in [1.165, 1.54) is 11.1 Å². The van der Waals surface area contributed by atoms with E-state index in [9.17, 15) is 0 Å². The Labute approximate surface area is 108 Å². The highest BCUT2D eigenvalue weighted by Crippen LogP contribution is 2.19. The number of rotatable bonds is 3. The van der Waals surface area contributed by atoms with Crippen molar-refractivity contribution in [2.45, 2.75) is 27.2 Å². The molecule has 2 N–H and O–H groups in total. The third-order valence-corrected chi connectivity index (χ3v) is 3.09. The molecule has 0 aliphatic heterocycles. The second-order valence-corrected chi connectivity index (χ2v) is 4.60. The molecule has 0 aliphatic rings. The fourth-order valence-electron chi connectivity index (χ4n) is 2.16. The smallest absolute Gasteiger partial charge is 0.159 e. The van der Waals surface area contributed by atoms with E-state index >= 15 is 0 Å². The molecule has 2 rings (SSSR count). The third kappa shape index (κ3) is 2.57. The standard InChI is InChI=1S/C15H19N3/c1-10-5-4-6-13(9-10)15-17-11(2)14(7-8-16)12(3)18-15/h4-6,9H,7-8,16H2,1-3H3. The van der Waals surface area contributed by atoms with Gasteiger partial charge in [-0.05, 0) is 45.4 Å². The van der Waals surface area contributed by atoms with Crippen LogP contribution in [0.1, 0.15) is 22.5 Å². The summed E-state index contributed by atoms with van der Waals surface area (Å²) in [6, 6.07) is 8.26. The molecular formula is C15H19N3. The summed E-state index contributed by atoms with van der Waals surface area (Å²) in [5.74, 6) is 0.800. The zero-order chi connectivity index (χ0) is 13.1. The molecule has 0 amide bonds. The SMILES string of the molecule is Cc1cccc(-c2nc(C)c(CCN)c(C)n2)c1. The molecule has 1 aromatic carbocycles. The number of benzene rings is 1. The molecule has 0 bridgehead atoms. The molecule has 1 heterocycles. The van der Waals surface area contributed by atoms with Gasteiger partial charge < -0.3 is 5.73 Å². The molecule has 0 saturated carbocycles. The number of nitrogens with zero attached hydrogens (tertiary/aromatic N) is 2. The van der Waals surface area contributed by atoms with Crippen LogP contribution in [0.5, 0.6) is 0 Å². The van der Waals surface area contributed by atoms with Crippen LogP contribution in [0.15, 0.2) is 24.3 Å². The predicted octanol–water partition coefficient (Wildman–Crippen LogP) is 2.57. The van der Waals surface area contributed by atoms with Crippen molar-refractivity contribution in [1.29, 1.82) is 0 Å². The van der Waals surface area contributed by atoms with Crippen LogP contribution in [-0.2, 0) is 6.42 Å². The van der Waals surface area contributed by atoms with Gasteiger partial charge in [0.25, 0.3) is 0 Å². The molecule has 1 aromatic heterocycles. The van der Waals surface area contributed by atoms with Crippen molar-refractivity contribution in [3.8, 4) is 11.4 Å². The normalized spacial score (nSPS) is 10.7. The van der Waals surface area contributed by atoms with Crippen molar-refractivity contribution in [3.63, 3.8) is 0 Å². The lowest BCUT2D eigenvalue weighted by atomic mass is 10.1. The van der Waals surface area contributed by atoms with E-state index in [0.29, 0.717) is 6.54 Å². The monoisotopic (exact) mass is 241 g/mol. The highest BCUT2D eigenvalue weighted by Gasteiger charge is 2.09. The maximum absolute atomic E-state index is 5.61. The van der Waals surface area contributed by atoms with Crippen LogP contribution in [0, 0.1) is 20.8 Å². The highest BCUT2D eigenvalue weighted by molar-refractivity contribution is 5.56. The summed E-state index contributed by atoms with van der Waals surface area (Å²) in [4.78, 5) is 9.19. The minimum Gasteiger partial charge on any atom is -0.330 e. The number of nitrogens with two attached hydrogens (primary N) is 1. The summed E-state index contributed by atoms with van der Waals surface area (Å²) in [6.45, 7) is 6.76. The Morgan fingerprint density at radius 3 is 2.28 bits per heavy atom. The van der Waals surface area contributed by atoms with Gasteiger partial charge in [-0.3, -0.25) is 0 Å². The lowest BCUT2D eigenvalue weighted by Crippen LogP contribution is -2.09. The molecule has 0 saturated heterocycles. The van der Waals surface area contributed by atoms with Crippen LogP contribution in [0.4, 0.5) is 0 Å². The third-order valence-electron chi connectivity index (χ3n) is 3.09. The van der Waals surface area contributed by atoms with Crippen LogP contribution in [0.2, 0.25) is 0 Å². The van der Waals surface area contributed by atoms with Gasteiger partial charge in [0.05, 0.1) is 0 Å². The average Bonchev–Trinajstić information content (AvgIpc) is 2.33. The Kier molecular flexibility index (Phi) is 3.72. The first-order valence-corrected chi connectivity index (χ1v) is 6.23. The van der Waals surface area contributed by atoms with E-state index < -0.39 is 0 Å². The van der Waals surface area contributed by atoms with E-state index in [-0.39, 0.29) is 0 Å². The Morgan fingerprint density at radius 1 is 1.06 bits per heavy atom. The van der Waals surface area contributed by atoms with Gasteiger partial charge in [0.1, 0.15) is 0 Å². The van der Waals surface area contributed by atoms with E-state index in [1.54, 1.807) is 0 Å². The summed E-state index contributed by atoms with van der Waals surface area (Å²) >= 11 is 0. The molecule has 3 heteroatoms. The predicted molar refractivity (Wildman–Crippen MR) is 74.4 cm³/mol. The number of aryl methyl sites for hydroxylation is 3. The van der Waals surface area contributed by atoms with Crippen molar-refractivity contribution in [1.82, 2.24) is 9.97 Å².